The van der Waals surface area contributed by atoms with Gasteiger partial charge in [0.05, 0.1) is 17.6 Å². The number of fused-ring (bicyclic) bond motifs is 1. The number of rotatable bonds is 1. The number of ether oxygens (including phenoxy) is 1. The zero-order chi connectivity index (χ0) is 11.0. The standard InChI is InChI=1S/C9H5Cl3N2O/c1-15-7-3-6-4(2-5(7)10)8(11)14-9(12)13-6/h2-3H,1H3. The number of hydrogen-bond donors (Lipinski definition) is 0. The molecule has 1 heterocycles. The molecule has 3 nitrogen and oxygen atoms in total. The average molecular weight is 264 g/mol. The van der Waals surface area contributed by atoms with E-state index in [2.05, 4.69) is 9.97 Å². The van der Waals surface area contributed by atoms with Crippen LogP contribution in [0.1, 0.15) is 0 Å². The van der Waals surface area contributed by atoms with E-state index in [0.717, 1.165) is 0 Å². The van der Waals surface area contributed by atoms with E-state index in [1.54, 1.807) is 12.1 Å². The molecule has 2 rings (SSSR count). The summed E-state index contributed by atoms with van der Waals surface area (Å²) in [4.78, 5) is 7.84. The van der Waals surface area contributed by atoms with Crippen LogP contribution in [0.25, 0.3) is 10.9 Å². The van der Waals surface area contributed by atoms with Crippen molar-refractivity contribution in [2.24, 2.45) is 0 Å². The van der Waals surface area contributed by atoms with Gasteiger partial charge in [-0.2, -0.15) is 0 Å². The van der Waals surface area contributed by atoms with Crippen LogP contribution in [-0.2, 0) is 0 Å². The zero-order valence-electron chi connectivity index (χ0n) is 7.59. The Morgan fingerprint density at radius 1 is 1.13 bits per heavy atom. The first-order valence-corrected chi connectivity index (χ1v) is 5.11. The van der Waals surface area contributed by atoms with Crippen LogP contribution in [0.4, 0.5) is 0 Å². The highest BCUT2D eigenvalue weighted by atomic mass is 35.5. The quantitative estimate of drug-likeness (QED) is 0.582. The molecule has 0 atom stereocenters. The van der Waals surface area contributed by atoms with Crippen molar-refractivity contribution in [2.45, 2.75) is 0 Å². The summed E-state index contributed by atoms with van der Waals surface area (Å²) in [6.07, 6.45) is 0. The zero-order valence-corrected chi connectivity index (χ0v) is 9.86. The summed E-state index contributed by atoms with van der Waals surface area (Å²) in [6.45, 7) is 0. The summed E-state index contributed by atoms with van der Waals surface area (Å²) < 4.78 is 5.05. The molecule has 78 valence electrons. The highest BCUT2D eigenvalue weighted by molar-refractivity contribution is 6.37. The molecule has 0 spiro atoms. The average Bonchev–Trinajstić information content (AvgIpc) is 2.18. The van der Waals surface area contributed by atoms with Crippen molar-refractivity contribution in [1.29, 1.82) is 0 Å². The van der Waals surface area contributed by atoms with Gasteiger partial charge in [0.25, 0.3) is 0 Å². The summed E-state index contributed by atoms with van der Waals surface area (Å²) in [6, 6.07) is 3.31. The van der Waals surface area contributed by atoms with Crippen LogP contribution in [-0.4, -0.2) is 17.1 Å². The van der Waals surface area contributed by atoms with Crippen LogP contribution in [0.2, 0.25) is 15.5 Å². The van der Waals surface area contributed by atoms with Gasteiger partial charge in [-0.25, -0.2) is 9.97 Å². The molecule has 0 aliphatic rings. The fourth-order valence-corrected chi connectivity index (χ4v) is 1.91. The lowest BCUT2D eigenvalue weighted by Crippen LogP contribution is -1.90. The molecule has 1 aromatic carbocycles. The molecule has 0 aliphatic heterocycles. The Balaban J connectivity index is 2.81. The van der Waals surface area contributed by atoms with Crippen molar-refractivity contribution in [3.05, 3.63) is 27.6 Å². The molecule has 0 unspecified atom stereocenters. The number of benzene rings is 1. The first-order chi connectivity index (χ1) is 7.11. The maximum atomic E-state index is 5.94. The lowest BCUT2D eigenvalue weighted by atomic mass is 10.2. The second kappa shape index (κ2) is 4.00. The molecule has 1 aromatic heterocycles. The Kier molecular flexibility index (Phi) is 2.87. The third-order valence-corrected chi connectivity index (χ3v) is 2.65. The monoisotopic (exact) mass is 262 g/mol. The van der Waals surface area contributed by atoms with Gasteiger partial charge in [0.2, 0.25) is 5.28 Å². The summed E-state index contributed by atoms with van der Waals surface area (Å²) >= 11 is 17.5. The maximum absolute atomic E-state index is 5.94. The molecule has 15 heavy (non-hydrogen) atoms. The molecule has 0 fully saturated rings. The molecule has 0 radical (unpaired) electrons. The van der Waals surface area contributed by atoms with Gasteiger partial charge in [0.15, 0.2) is 0 Å². The Hall–Kier alpha value is -0.770. The highest BCUT2D eigenvalue weighted by Crippen LogP contribution is 2.32. The minimum atomic E-state index is 0.0943. The molecule has 0 saturated heterocycles. The van der Waals surface area contributed by atoms with E-state index >= 15 is 0 Å². The normalized spacial score (nSPS) is 10.7. The van der Waals surface area contributed by atoms with E-state index in [-0.39, 0.29) is 10.4 Å². The number of hydrogen-bond acceptors (Lipinski definition) is 3. The van der Waals surface area contributed by atoms with Crippen molar-refractivity contribution in [3.8, 4) is 5.75 Å². The first kappa shape index (κ1) is 10.7. The molecule has 0 bridgehead atoms. The van der Waals surface area contributed by atoms with Gasteiger partial charge in [-0.05, 0) is 17.7 Å². The third kappa shape index (κ3) is 1.95. The molecule has 0 aliphatic carbocycles. The molecular formula is C9H5Cl3N2O. The SMILES string of the molecule is COc1cc2nc(Cl)nc(Cl)c2cc1Cl. The van der Waals surface area contributed by atoms with Crippen molar-refractivity contribution in [3.63, 3.8) is 0 Å². The van der Waals surface area contributed by atoms with Gasteiger partial charge >= 0.3 is 0 Å². The largest absolute Gasteiger partial charge is 0.495 e. The number of methoxy groups -OCH3 is 1. The van der Waals surface area contributed by atoms with Crippen molar-refractivity contribution in [1.82, 2.24) is 9.97 Å². The van der Waals surface area contributed by atoms with Crippen molar-refractivity contribution < 1.29 is 4.74 Å². The van der Waals surface area contributed by atoms with E-state index < -0.39 is 0 Å². The fraction of sp³-hybridized carbons (Fsp3) is 0.111. The number of aromatic nitrogens is 2. The maximum Gasteiger partial charge on any atom is 0.224 e. The lowest BCUT2D eigenvalue weighted by Gasteiger charge is -2.05. The Labute approximate surface area is 101 Å². The van der Waals surface area contributed by atoms with Gasteiger partial charge in [0.1, 0.15) is 10.9 Å². The van der Waals surface area contributed by atoms with Gasteiger partial charge in [-0.1, -0.05) is 23.2 Å². The minimum Gasteiger partial charge on any atom is -0.495 e. The summed E-state index contributed by atoms with van der Waals surface area (Å²) in [7, 11) is 1.53. The highest BCUT2D eigenvalue weighted by Gasteiger charge is 2.09. The van der Waals surface area contributed by atoms with Crippen LogP contribution < -0.4 is 4.74 Å². The predicted octanol–water partition coefficient (Wildman–Crippen LogP) is 3.60. The Morgan fingerprint density at radius 3 is 2.53 bits per heavy atom. The molecular weight excluding hydrogens is 258 g/mol. The predicted molar refractivity (Wildman–Crippen MR) is 61.1 cm³/mol. The van der Waals surface area contributed by atoms with Crippen molar-refractivity contribution in [2.75, 3.05) is 7.11 Å². The van der Waals surface area contributed by atoms with Gasteiger partial charge in [0, 0.05) is 11.5 Å². The lowest BCUT2D eigenvalue weighted by molar-refractivity contribution is 0.415. The molecule has 2 aromatic rings. The fourth-order valence-electron chi connectivity index (χ4n) is 1.22. The van der Waals surface area contributed by atoms with E-state index in [1.165, 1.54) is 7.11 Å². The third-order valence-electron chi connectivity index (χ3n) is 1.90. The second-order valence-corrected chi connectivity index (χ2v) is 3.89. The van der Waals surface area contributed by atoms with Crippen molar-refractivity contribution >= 4 is 45.7 Å². The molecule has 0 amide bonds. The van der Waals surface area contributed by atoms with Gasteiger partial charge < -0.3 is 4.74 Å². The van der Waals surface area contributed by atoms with Crippen LogP contribution >= 0.6 is 34.8 Å². The van der Waals surface area contributed by atoms with Crippen LogP contribution in [0.15, 0.2) is 12.1 Å². The number of halogens is 3. The second-order valence-electron chi connectivity index (χ2n) is 2.79. The molecule has 6 heteroatoms. The summed E-state index contributed by atoms with van der Waals surface area (Å²) in [5.74, 6) is 0.523. The Bertz CT molecular complexity index is 530. The molecule has 0 saturated carbocycles. The van der Waals surface area contributed by atoms with E-state index in [9.17, 15) is 0 Å². The van der Waals surface area contributed by atoms with E-state index in [4.69, 9.17) is 39.5 Å². The smallest absolute Gasteiger partial charge is 0.224 e. The van der Waals surface area contributed by atoms with Gasteiger partial charge in [-0.15, -0.1) is 0 Å². The minimum absolute atomic E-state index is 0.0943. The van der Waals surface area contributed by atoms with E-state index in [0.29, 0.717) is 21.7 Å². The number of nitrogens with zero attached hydrogens (tertiary/aromatic N) is 2. The summed E-state index contributed by atoms with van der Waals surface area (Å²) in [5.41, 5.74) is 0.598. The Morgan fingerprint density at radius 2 is 1.87 bits per heavy atom. The van der Waals surface area contributed by atoms with E-state index in [1.807, 2.05) is 0 Å². The topological polar surface area (TPSA) is 35.0 Å². The first-order valence-electron chi connectivity index (χ1n) is 3.98. The summed E-state index contributed by atoms with van der Waals surface area (Å²) in [5, 5.41) is 1.47. The van der Waals surface area contributed by atoms with Crippen LogP contribution in [0.5, 0.6) is 5.75 Å². The van der Waals surface area contributed by atoms with Crippen LogP contribution in [0.3, 0.4) is 0 Å². The van der Waals surface area contributed by atoms with Crippen LogP contribution in [0, 0.1) is 0 Å². The van der Waals surface area contributed by atoms with Gasteiger partial charge in [-0.3, -0.25) is 0 Å². The molecule has 0 N–H and O–H groups in total.